The number of carbonyl (C=O) groups excluding carboxylic acids is 2. The minimum atomic E-state index is -0.587. The van der Waals surface area contributed by atoms with Crippen molar-refractivity contribution in [1.82, 2.24) is 0 Å². The van der Waals surface area contributed by atoms with Gasteiger partial charge in [-0.25, -0.2) is 9.59 Å². The second-order valence-electron chi connectivity index (χ2n) is 7.45. The third-order valence-corrected chi connectivity index (χ3v) is 5.21. The molecule has 158 valence electrons. The predicted molar refractivity (Wildman–Crippen MR) is 123 cm³/mol. The van der Waals surface area contributed by atoms with Gasteiger partial charge in [0.1, 0.15) is 0 Å². The maximum absolute atomic E-state index is 12.9. The third kappa shape index (κ3) is 4.58. The highest BCUT2D eigenvalue weighted by Gasteiger charge is 2.31. The molecule has 2 aliphatic rings. The van der Waals surface area contributed by atoms with E-state index in [2.05, 4.69) is 6.08 Å². The number of allylic oxidation sites excluding steroid dienone is 9. The Hall–Kier alpha value is -3.66. The molecular weight excluding hydrogens is 388 g/mol. The number of methoxy groups -OCH3 is 2. The second kappa shape index (κ2) is 9.43. The Morgan fingerprint density at radius 3 is 2.13 bits per heavy atom. The standard InChI is InChI=1S/C27H26O4/c1-17-15-18(2)23-21(12-11-20-9-7-6-8-10-20)13-14-22(26(28)30-4)25(27(29)31-5)24(23)19(3)16-17/h6-16H,1-5H3/b12-11+. The zero-order valence-corrected chi connectivity index (χ0v) is 18.5. The minimum Gasteiger partial charge on any atom is -0.465 e. The molecule has 0 saturated heterocycles. The summed E-state index contributed by atoms with van der Waals surface area (Å²) in [7, 11) is 2.62. The van der Waals surface area contributed by atoms with Gasteiger partial charge in [-0.2, -0.15) is 0 Å². The third-order valence-electron chi connectivity index (χ3n) is 5.21. The summed E-state index contributed by atoms with van der Waals surface area (Å²) in [6.07, 6.45) is 11.6. The van der Waals surface area contributed by atoms with Gasteiger partial charge in [0.2, 0.25) is 0 Å². The van der Waals surface area contributed by atoms with Crippen LogP contribution in [0.15, 0.2) is 105 Å². The molecule has 0 aromatic heterocycles. The summed E-state index contributed by atoms with van der Waals surface area (Å²) in [6, 6.07) is 9.96. The van der Waals surface area contributed by atoms with E-state index >= 15 is 0 Å². The van der Waals surface area contributed by atoms with Gasteiger partial charge in [-0.3, -0.25) is 0 Å². The molecule has 0 fully saturated rings. The van der Waals surface area contributed by atoms with Gasteiger partial charge in [0.15, 0.2) is 0 Å². The molecular formula is C27H26O4. The van der Waals surface area contributed by atoms with Crippen LogP contribution in [0.5, 0.6) is 0 Å². The summed E-state index contributed by atoms with van der Waals surface area (Å²) in [4.78, 5) is 25.5. The number of carbonyl (C=O) groups is 2. The van der Waals surface area contributed by atoms with Crippen LogP contribution in [-0.2, 0) is 19.1 Å². The molecule has 0 bridgehead atoms. The van der Waals surface area contributed by atoms with Gasteiger partial charge < -0.3 is 9.47 Å². The molecule has 2 aliphatic carbocycles. The smallest absolute Gasteiger partial charge is 0.339 e. The van der Waals surface area contributed by atoms with E-state index in [0.717, 1.165) is 33.4 Å². The number of rotatable bonds is 4. The van der Waals surface area contributed by atoms with Crippen molar-refractivity contribution in [3.05, 3.63) is 111 Å². The molecule has 31 heavy (non-hydrogen) atoms. The molecule has 0 aliphatic heterocycles. The minimum absolute atomic E-state index is 0.171. The predicted octanol–water partition coefficient (Wildman–Crippen LogP) is 5.43. The van der Waals surface area contributed by atoms with Gasteiger partial charge in [-0.1, -0.05) is 66.3 Å². The zero-order chi connectivity index (χ0) is 22.5. The molecule has 3 rings (SSSR count). The highest BCUT2D eigenvalue weighted by Crippen LogP contribution is 2.39. The Balaban J connectivity index is 2.35. The Morgan fingerprint density at radius 1 is 0.806 bits per heavy atom. The average molecular weight is 415 g/mol. The van der Waals surface area contributed by atoms with Crippen molar-refractivity contribution in [3.8, 4) is 0 Å². The molecule has 4 nitrogen and oxygen atoms in total. The summed E-state index contributed by atoms with van der Waals surface area (Å²) in [5.41, 5.74) is 6.79. The zero-order valence-electron chi connectivity index (χ0n) is 18.5. The van der Waals surface area contributed by atoms with Gasteiger partial charge in [0, 0.05) is 5.57 Å². The van der Waals surface area contributed by atoms with E-state index in [9.17, 15) is 9.59 Å². The first kappa shape index (κ1) is 22.0. The molecule has 4 heteroatoms. The van der Waals surface area contributed by atoms with Crippen molar-refractivity contribution >= 4 is 18.0 Å². The quantitative estimate of drug-likeness (QED) is 0.617. The van der Waals surface area contributed by atoms with Crippen LogP contribution in [-0.4, -0.2) is 26.2 Å². The van der Waals surface area contributed by atoms with Crippen LogP contribution >= 0.6 is 0 Å². The Kier molecular flexibility index (Phi) is 6.71. The lowest BCUT2D eigenvalue weighted by atomic mass is 9.86. The molecule has 0 unspecified atom stereocenters. The number of esters is 2. The summed E-state index contributed by atoms with van der Waals surface area (Å²) in [6.45, 7) is 5.96. The van der Waals surface area contributed by atoms with Crippen molar-refractivity contribution in [3.63, 3.8) is 0 Å². The summed E-state index contributed by atoms with van der Waals surface area (Å²) in [5.74, 6) is -1.16. The molecule has 1 aromatic rings. The highest BCUT2D eigenvalue weighted by atomic mass is 16.5. The van der Waals surface area contributed by atoms with Gasteiger partial charge in [-0.15, -0.1) is 0 Å². The maximum Gasteiger partial charge on any atom is 0.339 e. The summed E-state index contributed by atoms with van der Waals surface area (Å²) in [5, 5.41) is 0. The largest absolute Gasteiger partial charge is 0.465 e. The Bertz CT molecular complexity index is 1130. The highest BCUT2D eigenvalue weighted by molar-refractivity contribution is 6.07. The van der Waals surface area contributed by atoms with Crippen molar-refractivity contribution in [2.75, 3.05) is 14.2 Å². The molecule has 0 radical (unpaired) electrons. The molecule has 1 aromatic carbocycles. The van der Waals surface area contributed by atoms with Crippen molar-refractivity contribution in [2.24, 2.45) is 0 Å². The molecule has 0 heterocycles. The first-order valence-corrected chi connectivity index (χ1v) is 10.0. The van der Waals surface area contributed by atoms with E-state index in [0.29, 0.717) is 5.57 Å². The lowest BCUT2D eigenvalue weighted by Crippen LogP contribution is -2.17. The van der Waals surface area contributed by atoms with Crippen molar-refractivity contribution in [2.45, 2.75) is 20.8 Å². The fourth-order valence-electron chi connectivity index (χ4n) is 3.92. The molecule has 0 atom stereocenters. The monoisotopic (exact) mass is 414 g/mol. The topological polar surface area (TPSA) is 52.6 Å². The summed E-state index contributed by atoms with van der Waals surface area (Å²) >= 11 is 0. The van der Waals surface area contributed by atoms with Crippen molar-refractivity contribution < 1.29 is 19.1 Å². The Labute approximate surface area is 183 Å². The lowest BCUT2D eigenvalue weighted by Gasteiger charge is -2.18. The SMILES string of the molecule is COC(=O)C1=C(C(=O)OC)C2=C(C)C=C(C)C=C(C)C2=C(/C=C/c2ccccc2)C=C1. The molecule has 0 N–H and O–H groups in total. The van der Waals surface area contributed by atoms with E-state index in [1.54, 1.807) is 6.08 Å². The first-order valence-electron chi connectivity index (χ1n) is 10.0. The van der Waals surface area contributed by atoms with E-state index < -0.39 is 11.9 Å². The summed E-state index contributed by atoms with van der Waals surface area (Å²) < 4.78 is 10.1. The van der Waals surface area contributed by atoms with Gasteiger partial charge in [0.05, 0.1) is 25.4 Å². The number of fused-ring (bicyclic) bond motifs is 1. The lowest BCUT2D eigenvalue weighted by molar-refractivity contribution is -0.138. The fourth-order valence-corrected chi connectivity index (χ4v) is 3.92. The van der Waals surface area contributed by atoms with E-state index in [1.165, 1.54) is 14.2 Å². The van der Waals surface area contributed by atoms with Crippen LogP contribution in [0.3, 0.4) is 0 Å². The number of hydrogen-bond donors (Lipinski definition) is 0. The van der Waals surface area contributed by atoms with E-state index in [-0.39, 0.29) is 11.1 Å². The fraction of sp³-hybridized carbons (Fsp3) is 0.185. The number of benzene rings is 1. The van der Waals surface area contributed by atoms with Crippen LogP contribution < -0.4 is 0 Å². The van der Waals surface area contributed by atoms with E-state index in [1.807, 2.05) is 75.4 Å². The number of ether oxygens (including phenoxy) is 2. The van der Waals surface area contributed by atoms with Crippen LogP contribution in [0.4, 0.5) is 0 Å². The van der Waals surface area contributed by atoms with Gasteiger partial charge in [0.25, 0.3) is 0 Å². The van der Waals surface area contributed by atoms with Crippen molar-refractivity contribution in [1.29, 1.82) is 0 Å². The average Bonchev–Trinajstić information content (AvgIpc) is 3.00. The number of hydrogen-bond acceptors (Lipinski definition) is 4. The van der Waals surface area contributed by atoms with Gasteiger partial charge in [-0.05, 0) is 54.7 Å². The maximum atomic E-state index is 12.9. The Morgan fingerprint density at radius 2 is 1.48 bits per heavy atom. The normalized spacial score (nSPS) is 16.5. The van der Waals surface area contributed by atoms with Crippen LogP contribution in [0.2, 0.25) is 0 Å². The van der Waals surface area contributed by atoms with Crippen LogP contribution in [0, 0.1) is 0 Å². The van der Waals surface area contributed by atoms with Gasteiger partial charge >= 0.3 is 11.9 Å². The molecule has 0 amide bonds. The second-order valence-corrected chi connectivity index (χ2v) is 7.45. The first-order chi connectivity index (χ1) is 14.9. The molecule has 0 spiro atoms. The van der Waals surface area contributed by atoms with Crippen LogP contribution in [0.25, 0.3) is 6.08 Å². The van der Waals surface area contributed by atoms with Crippen LogP contribution in [0.1, 0.15) is 26.3 Å². The molecule has 0 saturated carbocycles. The van der Waals surface area contributed by atoms with E-state index in [4.69, 9.17) is 9.47 Å².